The normalized spacial score (nSPS) is 13.7. The molecule has 0 radical (unpaired) electrons. The van der Waals surface area contributed by atoms with Gasteiger partial charge >= 0.3 is 0 Å². The molecule has 0 amide bonds. The van der Waals surface area contributed by atoms with Gasteiger partial charge in [0.25, 0.3) is 5.56 Å². The summed E-state index contributed by atoms with van der Waals surface area (Å²) in [4.78, 5) is 18.3. The molecular weight excluding hydrogens is 324 g/mol. The summed E-state index contributed by atoms with van der Waals surface area (Å²) in [5, 5.41) is 1.79. The fourth-order valence-electron chi connectivity index (χ4n) is 2.20. The predicted molar refractivity (Wildman–Crippen MR) is 90.3 cm³/mol. The van der Waals surface area contributed by atoms with Crippen LogP contribution < -0.4 is 5.56 Å². The molecule has 1 aliphatic rings. The van der Waals surface area contributed by atoms with Gasteiger partial charge in [-0.1, -0.05) is 37.2 Å². The number of rotatable bonds is 3. The Balaban J connectivity index is 2.21. The SMILES string of the molecule is CC(C)Sc1nc2c(c(=O)n1-c1ccc(Cl)cc1)SCC2. The topological polar surface area (TPSA) is 34.9 Å². The van der Waals surface area contributed by atoms with E-state index in [9.17, 15) is 4.79 Å². The first-order chi connectivity index (χ1) is 10.1. The molecule has 0 unspecified atom stereocenters. The van der Waals surface area contributed by atoms with Crippen LogP contribution in [-0.2, 0) is 6.42 Å². The van der Waals surface area contributed by atoms with E-state index in [4.69, 9.17) is 16.6 Å². The van der Waals surface area contributed by atoms with E-state index < -0.39 is 0 Å². The number of aryl methyl sites for hydroxylation is 1. The van der Waals surface area contributed by atoms with Crippen LogP contribution in [0.25, 0.3) is 5.69 Å². The maximum Gasteiger partial charge on any atom is 0.272 e. The number of aromatic nitrogens is 2. The highest BCUT2D eigenvalue weighted by molar-refractivity contribution is 8.00. The second-order valence-corrected chi connectivity index (χ2v) is 8.14. The molecule has 0 saturated carbocycles. The van der Waals surface area contributed by atoms with E-state index in [1.807, 2.05) is 12.1 Å². The highest BCUT2D eigenvalue weighted by atomic mass is 35.5. The van der Waals surface area contributed by atoms with Gasteiger partial charge in [0.2, 0.25) is 0 Å². The summed E-state index contributed by atoms with van der Waals surface area (Å²) in [6, 6.07) is 7.32. The lowest BCUT2D eigenvalue weighted by Gasteiger charge is -2.15. The number of nitrogens with zero attached hydrogens (tertiary/aromatic N) is 2. The quantitative estimate of drug-likeness (QED) is 0.625. The minimum Gasteiger partial charge on any atom is -0.268 e. The second kappa shape index (κ2) is 6.07. The third-order valence-electron chi connectivity index (χ3n) is 3.09. The fraction of sp³-hybridized carbons (Fsp3) is 0.333. The maximum absolute atomic E-state index is 12.8. The molecule has 0 fully saturated rings. The molecule has 1 aromatic heterocycles. The molecule has 1 aromatic carbocycles. The third-order valence-corrected chi connectivity index (χ3v) is 5.41. The smallest absolute Gasteiger partial charge is 0.268 e. The van der Waals surface area contributed by atoms with E-state index in [1.54, 1.807) is 40.2 Å². The third kappa shape index (κ3) is 3.00. The molecule has 0 N–H and O–H groups in total. The summed E-state index contributed by atoms with van der Waals surface area (Å²) in [6.45, 7) is 4.20. The Hall–Kier alpha value is -0.910. The fourth-order valence-corrected chi connectivity index (χ4v) is 4.23. The van der Waals surface area contributed by atoms with Crippen LogP contribution in [0.1, 0.15) is 19.5 Å². The average Bonchev–Trinajstić information content (AvgIpc) is 2.88. The van der Waals surface area contributed by atoms with Gasteiger partial charge in [0.05, 0.1) is 16.3 Å². The van der Waals surface area contributed by atoms with E-state index in [1.165, 1.54) is 0 Å². The van der Waals surface area contributed by atoms with Crippen LogP contribution in [0.3, 0.4) is 0 Å². The van der Waals surface area contributed by atoms with Crippen LogP contribution in [0.4, 0.5) is 0 Å². The first-order valence-electron chi connectivity index (χ1n) is 6.77. The standard InChI is InChI=1S/C15H15ClN2OS2/c1-9(2)21-15-17-12-7-8-20-13(12)14(19)18(15)11-5-3-10(16)4-6-11/h3-6,9H,7-8H2,1-2H3. The number of hydrogen-bond acceptors (Lipinski definition) is 4. The Kier molecular flexibility index (Phi) is 4.33. The second-order valence-electron chi connectivity index (χ2n) is 5.05. The first-order valence-corrected chi connectivity index (χ1v) is 9.02. The Bertz CT molecular complexity index is 726. The Labute approximate surface area is 137 Å². The summed E-state index contributed by atoms with van der Waals surface area (Å²) in [7, 11) is 0. The van der Waals surface area contributed by atoms with E-state index in [0.717, 1.165) is 33.6 Å². The predicted octanol–water partition coefficient (Wildman–Crippen LogP) is 4.03. The molecule has 0 aliphatic carbocycles. The zero-order valence-electron chi connectivity index (χ0n) is 11.8. The lowest BCUT2D eigenvalue weighted by molar-refractivity contribution is 0.737. The van der Waals surface area contributed by atoms with Crippen molar-refractivity contribution in [2.75, 3.05) is 5.75 Å². The van der Waals surface area contributed by atoms with Crippen molar-refractivity contribution in [2.45, 2.75) is 35.6 Å². The molecule has 0 bridgehead atoms. The monoisotopic (exact) mass is 338 g/mol. The minimum absolute atomic E-state index is 0.0352. The van der Waals surface area contributed by atoms with Crippen molar-refractivity contribution >= 4 is 35.1 Å². The van der Waals surface area contributed by atoms with Crippen LogP contribution in [-0.4, -0.2) is 20.6 Å². The molecule has 3 nitrogen and oxygen atoms in total. The van der Waals surface area contributed by atoms with Crippen molar-refractivity contribution in [2.24, 2.45) is 0 Å². The van der Waals surface area contributed by atoms with Crippen molar-refractivity contribution in [3.8, 4) is 5.69 Å². The van der Waals surface area contributed by atoms with Gasteiger partial charge in [-0.25, -0.2) is 4.98 Å². The van der Waals surface area contributed by atoms with Crippen molar-refractivity contribution in [1.29, 1.82) is 0 Å². The lowest BCUT2D eigenvalue weighted by atomic mass is 10.3. The van der Waals surface area contributed by atoms with Crippen molar-refractivity contribution in [3.63, 3.8) is 0 Å². The minimum atomic E-state index is 0.0352. The first kappa shape index (κ1) is 15.0. The Morgan fingerprint density at radius 1 is 1.33 bits per heavy atom. The van der Waals surface area contributed by atoms with Gasteiger partial charge in [0, 0.05) is 22.4 Å². The van der Waals surface area contributed by atoms with Crippen LogP contribution in [0.5, 0.6) is 0 Å². The van der Waals surface area contributed by atoms with Gasteiger partial charge in [0.15, 0.2) is 5.16 Å². The number of fused-ring (bicyclic) bond motifs is 1. The Morgan fingerprint density at radius 2 is 2.05 bits per heavy atom. The molecule has 6 heteroatoms. The molecule has 0 spiro atoms. The molecule has 0 saturated heterocycles. The molecule has 21 heavy (non-hydrogen) atoms. The zero-order chi connectivity index (χ0) is 15.0. The van der Waals surface area contributed by atoms with Crippen LogP contribution in [0, 0.1) is 0 Å². The highest BCUT2D eigenvalue weighted by Crippen LogP contribution is 2.31. The highest BCUT2D eigenvalue weighted by Gasteiger charge is 2.22. The van der Waals surface area contributed by atoms with Gasteiger partial charge in [-0.05, 0) is 24.3 Å². The summed E-state index contributed by atoms with van der Waals surface area (Å²) in [5.41, 5.74) is 1.79. The number of thioether (sulfide) groups is 2. The summed E-state index contributed by atoms with van der Waals surface area (Å²) in [6.07, 6.45) is 0.877. The average molecular weight is 339 g/mol. The lowest BCUT2D eigenvalue weighted by Crippen LogP contribution is -2.24. The number of benzene rings is 1. The zero-order valence-corrected chi connectivity index (χ0v) is 14.2. The number of halogens is 1. The van der Waals surface area contributed by atoms with Gasteiger partial charge < -0.3 is 0 Å². The van der Waals surface area contributed by atoms with Crippen LogP contribution in [0.15, 0.2) is 39.1 Å². The van der Waals surface area contributed by atoms with E-state index in [0.29, 0.717) is 10.3 Å². The number of hydrogen-bond donors (Lipinski definition) is 0. The van der Waals surface area contributed by atoms with E-state index in [2.05, 4.69) is 13.8 Å². The van der Waals surface area contributed by atoms with Gasteiger partial charge in [-0.3, -0.25) is 9.36 Å². The summed E-state index contributed by atoms with van der Waals surface area (Å²) < 4.78 is 1.71. The largest absolute Gasteiger partial charge is 0.272 e. The molecule has 110 valence electrons. The Morgan fingerprint density at radius 3 is 2.71 bits per heavy atom. The maximum atomic E-state index is 12.8. The molecule has 2 aromatic rings. The summed E-state index contributed by atoms with van der Waals surface area (Å²) in [5.74, 6) is 0.938. The van der Waals surface area contributed by atoms with Crippen molar-refractivity contribution < 1.29 is 0 Å². The van der Waals surface area contributed by atoms with Crippen molar-refractivity contribution in [3.05, 3.63) is 45.3 Å². The van der Waals surface area contributed by atoms with Gasteiger partial charge in [-0.2, -0.15) is 0 Å². The molecule has 0 atom stereocenters. The summed E-state index contributed by atoms with van der Waals surface area (Å²) >= 11 is 9.16. The van der Waals surface area contributed by atoms with Crippen LogP contribution in [0.2, 0.25) is 5.02 Å². The van der Waals surface area contributed by atoms with Gasteiger partial charge in [-0.15, -0.1) is 11.8 Å². The molecule has 1 aliphatic heterocycles. The van der Waals surface area contributed by atoms with Gasteiger partial charge in [0.1, 0.15) is 0 Å². The molecular formula is C15H15ClN2OS2. The van der Waals surface area contributed by atoms with E-state index >= 15 is 0 Å². The van der Waals surface area contributed by atoms with Crippen LogP contribution >= 0.6 is 35.1 Å². The molecule has 3 rings (SSSR count). The van der Waals surface area contributed by atoms with Crippen molar-refractivity contribution in [1.82, 2.24) is 9.55 Å². The van der Waals surface area contributed by atoms with E-state index in [-0.39, 0.29) is 5.56 Å². The molecule has 2 heterocycles.